The number of carbonyl (C=O) groups excluding carboxylic acids is 2. The van der Waals surface area contributed by atoms with Gasteiger partial charge in [-0.25, -0.2) is 0 Å². The van der Waals surface area contributed by atoms with Gasteiger partial charge in [0.05, 0.1) is 13.2 Å². The van der Waals surface area contributed by atoms with Crippen LogP contribution >= 0.6 is 12.4 Å². The summed E-state index contributed by atoms with van der Waals surface area (Å²) in [6.07, 6.45) is 10.5. The molecule has 0 spiro atoms. The van der Waals surface area contributed by atoms with Crippen molar-refractivity contribution in [1.82, 2.24) is 16.0 Å². The number of hydrogen-bond acceptors (Lipinski definition) is 4. The number of piperidine rings is 1. The lowest BCUT2D eigenvalue weighted by atomic mass is 9.49. The summed E-state index contributed by atoms with van der Waals surface area (Å²) < 4.78 is 5.40. The van der Waals surface area contributed by atoms with Crippen LogP contribution in [-0.2, 0) is 14.3 Å². The van der Waals surface area contributed by atoms with E-state index in [4.69, 9.17) is 4.74 Å². The highest BCUT2D eigenvalue weighted by atomic mass is 35.5. The molecule has 7 heteroatoms. The minimum absolute atomic E-state index is 0. The minimum atomic E-state index is -0.0899. The smallest absolute Gasteiger partial charge is 0.239 e. The molecule has 0 radical (unpaired) electrons. The van der Waals surface area contributed by atoms with E-state index in [1.54, 1.807) is 7.11 Å². The zero-order valence-electron chi connectivity index (χ0n) is 17.8. The lowest BCUT2D eigenvalue weighted by Gasteiger charge is -2.56. The van der Waals surface area contributed by atoms with Crippen LogP contribution in [0.15, 0.2) is 0 Å². The van der Waals surface area contributed by atoms with Gasteiger partial charge < -0.3 is 20.7 Å². The molecule has 1 aliphatic heterocycles. The summed E-state index contributed by atoms with van der Waals surface area (Å²) in [6.45, 7) is 3.29. The van der Waals surface area contributed by atoms with Crippen LogP contribution in [0.4, 0.5) is 0 Å². The van der Waals surface area contributed by atoms with Crippen LogP contribution in [0.3, 0.4) is 0 Å². The van der Waals surface area contributed by atoms with Gasteiger partial charge in [-0.2, -0.15) is 0 Å². The van der Waals surface area contributed by atoms with Gasteiger partial charge in [0.15, 0.2) is 0 Å². The zero-order chi connectivity index (χ0) is 19.6. The Bertz CT molecular complexity index is 551. The van der Waals surface area contributed by atoms with Crippen LogP contribution in [0, 0.1) is 28.6 Å². The number of nitrogens with one attached hydrogen (secondary N) is 3. The average molecular weight is 428 g/mol. The summed E-state index contributed by atoms with van der Waals surface area (Å²) in [5.41, 5.74) is 0.242. The van der Waals surface area contributed by atoms with Gasteiger partial charge in [0, 0.05) is 25.5 Å². The van der Waals surface area contributed by atoms with Gasteiger partial charge in [-0.3, -0.25) is 9.59 Å². The van der Waals surface area contributed by atoms with Crippen molar-refractivity contribution in [3.05, 3.63) is 0 Å². The molecule has 4 aliphatic carbocycles. The number of hydrogen-bond donors (Lipinski definition) is 3. The number of halogens is 1. The van der Waals surface area contributed by atoms with Crippen molar-refractivity contribution in [1.29, 1.82) is 0 Å². The average Bonchev–Trinajstić information content (AvgIpc) is 2.64. The predicted octanol–water partition coefficient (Wildman–Crippen LogP) is 2.26. The van der Waals surface area contributed by atoms with E-state index >= 15 is 0 Å². The lowest BCUT2D eigenvalue weighted by molar-refractivity contribution is -0.132. The minimum Gasteiger partial charge on any atom is -0.384 e. The second-order valence-electron chi connectivity index (χ2n) is 10.3. The fourth-order valence-corrected chi connectivity index (χ4v) is 7.07. The molecular weight excluding hydrogens is 390 g/mol. The molecule has 166 valence electrons. The van der Waals surface area contributed by atoms with E-state index in [0.717, 1.165) is 43.7 Å². The monoisotopic (exact) mass is 427 g/mol. The molecule has 1 heterocycles. The molecule has 5 rings (SSSR count). The van der Waals surface area contributed by atoms with E-state index in [1.165, 1.54) is 38.5 Å². The third-order valence-corrected chi connectivity index (χ3v) is 7.92. The largest absolute Gasteiger partial charge is 0.384 e. The Kier molecular flexibility index (Phi) is 7.50. The predicted molar refractivity (Wildman–Crippen MR) is 115 cm³/mol. The summed E-state index contributed by atoms with van der Waals surface area (Å²) >= 11 is 0. The number of ether oxygens (including phenoxy) is 1. The van der Waals surface area contributed by atoms with Crippen LogP contribution in [0.2, 0.25) is 0 Å². The number of rotatable bonds is 8. The second-order valence-corrected chi connectivity index (χ2v) is 10.3. The molecule has 5 fully saturated rings. The first-order valence-electron chi connectivity index (χ1n) is 11.2. The van der Waals surface area contributed by atoms with Crippen molar-refractivity contribution in [2.45, 2.75) is 57.8 Å². The van der Waals surface area contributed by atoms with Gasteiger partial charge >= 0.3 is 0 Å². The topological polar surface area (TPSA) is 79.5 Å². The Balaban J connectivity index is 0.00000240. The van der Waals surface area contributed by atoms with Gasteiger partial charge in [-0.05, 0) is 87.6 Å². The van der Waals surface area contributed by atoms with Gasteiger partial charge in [0.2, 0.25) is 11.8 Å². The molecule has 0 aromatic carbocycles. The highest BCUT2D eigenvalue weighted by molar-refractivity contribution is 5.85. The molecule has 0 atom stereocenters. The van der Waals surface area contributed by atoms with E-state index in [1.807, 2.05) is 0 Å². The third kappa shape index (κ3) is 5.45. The van der Waals surface area contributed by atoms with Crippen LogP contribution in [0.25, 0.3) is 0 Å². The molecule has 1 saturated heterocycles. The SMILES string of the molecule is COCC1(CNC(=O)CNC(=O)CC23CC4CC(CC(C4)C2)C3)CCNCC1.Cl. The van der Waals surface area contributed by atoms with E-state index < -0.39 is 0 Å². The van der Waals surface area contributed by atoms with Crippen molar-refractivity contribution < 1.29 is 14.3 Å². The maximum atomic E-state index is 12.6. The molecule has 4 bridgehead atoms. The number of methoxy groups -OCH3 is 1. The summed E-state index contributed by atoms with van der Waals surface area (Å²) in [4.78, 5) is 24.9. The van der Waals surface area contributed by atoms with E-state index in [0.29, 0.717) is 19.6 Å². The quantitative estimate of drug-likeness (QED) is 0.555. The third-order valence-electron chi connectivity index (χ3n) is 7.92. The van der Waals surface area contributed by atoms with Gasteiger partial charge in [0.1, 0.15) is 0 Å². The molecule has 0 aromatic heterocycles. The first kappa shape index (κ1) is 22.8. The normalized spacial score (nSPS) is 34.3. The number of amides is 2. The number of carbonyl (C=O) groups is 2. The fourth-order valence-electron chi connectivity index (χ4n) is 7.07. The highest BCUT2D eigenvalue weighted by Gasteiger charge is 2.51. The Hall–Kier alpha value is -0.850. The first-order valence-corrected chi connectivity index (χ1v) is 11.2. The van der Waals surface area contributed by atoms with Crippen molar-refractivity contribution in [2.24, 2.45) is 28.6 Å². The zero-order valence-corrected chi connectivity index (χ0v) is 18.6. The van der Waals surface area contributed by atoms with Crippen molar-refractivity contribution in [3.8, 4) is 0 Å². The van der Waals surface area contributed by atoms with Gasteiger partial charge in [-0.1, -0.05) is 0 Å². The van der Waals surface area contributed by atoms with E-state index in [-0.39, 0.29) is 41.6 Å². The van der Waals surface area contributed by atoms with Crippen molar-refractivity contribution in [2.75, 3.05) is 39.9 Å². The maximum Gasteiger partial charge on any atom is 0.239 e. The van der Waals surface area contributed by atoms with E-state index in [9.17, 15) is 9.59 Å². The van der Waals surface area contributed by atoms with Crippen LogP contribution < -0.4 is 16.0 Å². The highest BCUT2D eigenvalue weighted by Crippen LogP contribution is 2.61. The van der Waals surface area contributed by atoms with Gasteiger partial charge in [0.25, 0.3) is 0 Å². The lowest BCUT2D eigenvalue weighted by Crippen LogP contribution is -2.50. The van der Waals surface area contributed by atoms with Crippen molar-refractivity contribution in [3.63, 3.8) is 0 Å². The fraction of sp³-hybridized carbons (Fsp3) is 0.909. The Morgan fingerprint density at radius 2 is 1.55 bits per heavy atom. The van der Waals surface area contributed by atoms with Crippen LogP contribution in [0.1, 0.15) is 57.8 Å². The Morgan fingerprint density at radius 3 is 2.10 bits per heavy atom. The molecular formula is C22H38ClN3O3. The second kappa shape index (κ2) is 9.52. The molecule has 29 heavy (non-hydrogen) atoms. The van der Waals surface area contributed by atoms with Gasteiger partial charge in [-0.15, -0.1) is 12.4 Å². The molecule has 6 nitrogen and oxygen atoms in total. The Morgan fingerprint density at radius 1 is 0.966 bits per heavy atom. The Labute approximate surface area is 181 Å². The molecule has 3 N–H and O–H groups in total. The summed E-state index contributed by atoms with van der Waals surface area (Å²) in [5.74, 6) is 2.52. The standard InChI is InChI=1S/C22H37N3O3.ClH/c1-28-15-21(2-4-23-5-3-21)14-25-20(27)13-24-19(26)12-22-9-16-6-17(10-22)8-18(7-16)11-22;/h16-18,23H,2-15H2,1H3,(H,24,26)(H,25,27);1H. The first-order chi connectivity index (χ1) is 13.5. The molecule has 2 amide bonds. The van der Waals surface area contributed by atoms with Crippen LogP contribution in [0.5, 0.6) is 0 Å². The molecule has 0 unspecified atom stereocenters. The molecule has 4 saturated carbocycles. The van der Waals surface area contributed by atoms with Crippen molar-refractivity contribution >= 4 is 24.2 Å². The molecule has 5 aliphatic rings. The van der Waals surface area contributed by atoms with Crippen LogP contribution in [-0.4, -0.2) is 51.7 Å². The molecule has 0 aromatic rings. The summed E-state index contributed by atoms with van der Waals surface area (Å²) in [6, 6.07) is 0. The maximum absolute atomic E-state index is 12.6. The van der Waals surface area contributed by atoms with E-state index in [2.05, 4.69) is 16.0 Å². The summed E-state index contributed by atoms with van der Waals surface area (Å²) in [5, 5.41) is 9.29. The summed E-state index contributed by atoms with van der Waals surface area (Å²) in [7, 11) is 1.72.